The smallest absolute Gasteiger partial charge is 0.320 e. The molecule has 0 spiro atoms. The Balaban J connectivity index is 1.23. The molecule has 0 bridgehead atoms. The summed E-state index contributed by atoms with van der Waals surface area (Å²) >= 11 is 7.91. The van der Waals surface area contributed by atoms with Gasteiger partial charge in [0.05, 0.1) is 5.69 Å². The zero-order valence-electron chi connectivity index (χ0n) is 21.5. The third-order valence-corrected chi connectivity index (χ3v) is 8.19. The van der Waals surface area contributed by atoms with Crippen LogP contribution in [0.25, 0.3) is 27.0 Å². The number of amides is 2. The van der Waals surface area contributed by atoms with Crippen LogP contribution in [0.2, 0.25) is 5.02 Å². The molecule has 39 heavy (non-hydrogen) atoms. The molecule has 194 valence electrons. The second-order valence-corrected chi connectivity index (χ2v) is 10.9. The highest BCUT2D eigenvalue weighted by atomic mass is 35.5. The van der Waals surface area contributed by atoms with Crippen LogP contribution in [-0.2, 0) is 13.0 Å². The molecule has 2 heterocycles. The fourth-order valence-corrected chi connectivity index (χ4v) is 5.76. The Hall–Kier alpha value is -4.13. The monoisotopic (exact) mass is 550 g/mol. The number of nitrogens with zero attached hydrogens (tertiary/aromatic N) is 3. The van der Waals surface area contributed by atoms with E-state index in [-0.39, 0.29) is 6.03 Å². The van der Waals surface area contributed by atoms with E-state index in [4.69, 9.17) is 16.6 Å². The molecule has 6 aromatic rings. The maximum absolute atomic E-state index is 13.4. The fourth-order valence-electron chi connectivity index (χ4n) is 4.68. The fraction of sp³-hybridized carbons (Fsp3) is 0.125. The normalized spacial score (nSPS) is 11.2. The lowest BCUT2D eigenvalue weighted by molar-refractivity contribution is 0.209. The van der Waals surface area contributed by atoms with Crippen LogP contribution in [-0.4, -0.2) is 26.9 Å². The number of rotatable bonds is 7. The summed E-state index contributed by atoms with van der Waals surface area (Å²) in [6.07, 6.45) is 2.80. The maximum Gasteiger partial charge on any atom is 0.322 e. The number of halogens is 1. The number of carbonyl (C=O) groups is 1. The summed E-state index contributed by atoms with van der Waals surface area (Å²) in [4.78, 5) is 21.1. The van der Waals surface area contributed by atoms with E-state index in [9.17, 15) is 4.79 Å². The first-order valence-electron chi connectivity index (χ1n) is 12.8. The Labute approximate surface area is 236 Å². The number of carbonyl (C=O) groups excluding carboxylic acids is 1. The Bertz CT molecular complexity index is 1780. The molecular weight excluding hydrogens is 524 g/mol. The van der Waals surface area contributed by atoms with Gasteiger partial charge in [-0.25, -0.2) is 9.78 Å². The molecule has 0 aliphatic heterocycles. The summed E-state index contributed by atoms with van der Waals surface area (Å²) < 4.78 is 2.15. The van der Waals surface area contributed by atoms with Crippen molar-refractivity contribution in [2.24, 2.45) is 0 Å². The quantitative estimate of drug-likeness (QED) is 0.217. The van der Waals surface area contributed by atoms with E-state index in [1.54, 1.807) is 17.4 Å². The highest BCUT2D eigenvalue weighted by molar-refractivity contribution is 7.15. The number of anilines is 1. The summed E-state index contributed by atoms with van der Waals surface area (Å²) in [6.45, 7) is 3.00. The maximum atomic E-state index is 13.4. The highest BCUT2D eigenvalue weighted by Crippen LogP contribution is 2.27. The lowest BCUT2D eigenvalue weighted by Gasteiger charge is -2.23. The predicted molar refractivity (Wildman–Crippen MR) is 162 cm³/mol. The van der Waals surface area contributed by atoms with E-state index in [2.05, 4.69) is 63.8 Å². The topological polar surface area (TPSA) is 49.6 Å². The SMILES string of the molecule is Cc1ccc(NC(=O)N(CCc2csc3nc(-c4ccc5ccccc5c4)cn23)Cc2ccccc2)cc1Cl. The van der Waals surface area contributed by atoms with Gasteiger partial charge in [-0.05, 0) is 47.0 Å². The summed E-state index contributed by atoms with van der Waals surface area (Å²) in [5.41, 5.74) is 5.90. The zero-order chi connectivity index (χ0) is 26.8. The van der Waals surface area contributed by atoms with Crippen molar-refractivity contribution in [3.8, 4) is 11.3 Å². The Morgan fingerprint density at radius 1 is 0.974 bits per heavy atom. The molecule has 0 unspecified atom stereocenters. The number of thiazole rings is 1. The summed E-state index contributed by atoms with van der Waals surface area (Å²) in [6, 6.07) is 30.3. The second kappa shape index (κ2) is 10.9. The molecule has 0 fully saturated rings. The molecule has 0 saturated heterocycles. The number of hydrogen-bond acceptors (Lipinski definition) is 3. The van der Waals surface area contributed by atoms with Crippen molar-refractivity contribution in [2.75, 3.05) is 11.9 Å². The first-order valence-corrected chi connectivity index (χ1v) is 14.1. The van der Waals surface area contributed by atoms with Crippen LogP contribution in [0.5, 0.6) is 0 Å². The third kappa shape index (κ3) is 5.53. The lowest BCUT2D eigenvalue weighted by Crippen LogP contribution is -2.36. The Morgan fingerprint density at radius 2 is 1.77 bits per heavy atom. The third-order valence-electron chi connectivity index (χ3n) is 6.89. The standard InChI is InChI=1S/C32H27ClN4OS/c1-22-11-14-27(18-29(22)33)34-31(38)36(19-23-7-3-2-4-8-23)16-15-28-21-39-32-35-30(20-37(28)32)26-13-12-24-9-5-6-10-25(24)17-26/h2-14,17-18,20-21H,15-16,19H2,1H3,(H,34,38). The lowest BCUT2D eigenvalue weighted by atomic mass is 10.1. The van der Waals surface area contributed by atoms with Gasteiger partial charge in [-0.1, -0.05) is 84.4 Å². The van der Waals surface area contributed by atoms with Crippen molar-refractivity contribution in [1.82, 2.24) is 14.3 Å². The van der Waals surface area contributed by atoms with Crippen molar-refractivity contribution in [3.63, 3.8) is 0 Å². The first-order chi connectivity index (χ1) is 19.0. The molecule has 0 aliphatic carbocycles. The van der Waals surface area contributed by atoms with Crippen LogP contribution in [0, 0.1) is 6.92 Å². The van der Waals surface area contributed by atoms with E-state index in [0.717, 1.165) is 33.0 Å². The molecular formula is C32H27ClN4OS. The van der Waals surface area contributed by atoms with Gasteiger partial charge in [-0.2, -0.15) is 0 Å². The van der Waals surface area contributed by atoms with Gasteiger partial charge in [0.1, 0.15) is 0 Å². The number of fused-ring (bicyclic) bond motifs is 2. The molecule has 6 rings (SSSR count). The zero-order valence-corrected chi connectivity index (χ0v) is 23.0. The minimum Gasteiger partial charge on any atom is -0.320 e. The number of hydrogen-bond donors (Lipinski definition) is 1. The van der Waals surface area contributed by atoms with Gasteiger partial charge in [0.15, 0.2) is 4.96 Å². The molecule has 2 aromatic heterocycles. The second-order valence-electron chi connectivity index (χ2n) is 9.62. The van der Waals surface area contributed by atoms with Gasteiger partial charge in [-0.15, -0.1) is 11.3 Å². The Kier molecular flexibility index (Phi) is 7.05. The van der Waals surface area contributed by atoms with E-state index >= 15 is 0 Å². The molecule has 1 N–H and O–H groups in total. The molecule has 0 saturated carbocycles. The minimum absolute atomic E-state index is 0.160. The van der Waals surface area contributed by atoms with Gasteiger partial charge in [-0.3, -0.25) is 4.40 Å². The van der Waals surface area contributed by atoms with Crippen molar-refractivity contribution in [2.45, 2.75) is 19.9 Å². The number of nitrogens with one attached hydrogen (secondary N) is 1. The van der Waals surface area contributed by atoms with Crippen LogP contribution in [0.4, 0.5) is 10.5 Å². The van der Waals surface area contributed by atoms with Crippen LogP contribution in [0.3, 0.4) is 0 Å². The average molecular weight is 551 g/mol. The molecule has 0 aliphatic rings. The summed E-state index contributed by atoms with van der Waals surface area (Å²) in [5, 5.41) is 8.20. The molecule has 0 radical (unpaired) electrons. The Morgan fingerprint density at radius 3 is 2.59 bits per heavy atom. The van der Waals surface area contributed by atoms with E-state index < -0.39 is 0 Å². The number of imidazole rings is 1. The number of aromatic nitrogens is 2. The van der Waals surface area contributed by atoms with Gasteiger partial charge in [0.2, 0.25) is 0 Å². The van der Waals surface area contributed by atoms with E-state index in [1.807, 2.05) is 54.3 Å². The highest BCUT2D eigenvalue weighted by Gasteiger charge is 2.17. The van der Waals surface area contributed by atoms with Crippen molar-refractivity contribution in [3.05, 3.63) is 124 Å². The predicted octanol–water partition coefficient (Wildman–Crippen LogP) is 8.45. The van der Waals surface area contributed by atoms with E-state index in [0.29, 0.717) is 30.2 Å². The van der Waals surface area contributed by atoms with Crippen molar-refractivity contribution in [1.29, 1.82) is 0 Å². The minimum atomic E-state index is -0.160. The number of aryl methyl sites for hydroxylation is 1. The van der Waals surface area contributed by atoms with Crippen LogP contribution in [0.1, 0.15) is 16.8 Å². The summed E-state index contributed by atoms with van der Waals surface area (Å²) in [7, 11) is 0. The summed E-state index contributed by atoms with van der Waals surface area (Å²) in [5.74, 6) is 0. The largest absolute Gasteiger partial charge is 0.322 e. The molecule has 0 atom stereocenters. The van der Waals surface area contributed by atoms with Crippen molar-refractivity contribution >= 4 is 50.4 Å². The van der Waals surface area contributed by atoms with Gasteiger partial charge in [0, 0.05) is 53.1 Å². The molecule has 5 nitrogen and oxygen atoms in total. The molecule has 4 aromatic carbocycles. The molecule has 2 amide bonds. The number of urea groups is 1. The van der Waals surface area contributed by atoms with E-state index in [1.165, 1.54) is 10.8 Å². The van der Waals surface area contributed by atoms with Gasteiger partial charge >= 0.3 is 6.03 Å². The average Bonchev–Trinajstić information content (AvgIpc) is 3.55. The van der Waals surface area contributed by atoms with Crippen molar-refractivity contribution < 1.29 is 4.79 Å². The van der Waals surface area contributed by atoms with Gasteiger partial charge < -0.3 is 10.2 Å². The first kappa shape index (κ1) is 25.2. The van der Waals surface area contributed by atoms with Gasteiger partial charge in [0.25, 0.3) is 0 Å². The molecule has 7 heteroatoms. The van der Waals surface area contributed by atoms with Crippen LogP contribution < -0.4 is 5.32 Å². The van der Waals surface area contributed by atoms with Crippen LogP contribution in [0.15, 0.2) is 103 Å². The van der Waals surface area contributed by atoms with Crippen LogP contribution >= 0.6 is 22.9 Å². The number of benzene rings is 4.